The maximum atomic E-state index is 6.98. The summed E-state index contributed by atoms with van der Waals surface area (Å²) < 4.78 is 2.29. The molecule has 7 aromatic rings. The van der Waals surface area contributed by atoms with Gasteiger partial charge in [0.15, 0.2) is 11.0 Å². The molecule has 2 aliphatic carbocycles. The van der Waals surface area contributed by atoms with E-state index < -0.39 is 0 Å². The molecule has 1 fully saturated rings. The van der Waals surface area contributed by atoms with Crippen LogP contribution in [0.2, 0.25) is 5.15 Å². The number of fused-ring (bicyclic) bond motifs is 13. The molecule has 40 heavy (non-hydrogen) atoms. The van der Waals surface area contributed by atoms with E-state index in [1.54, 1.807) is 0 Å². The van der Waals surface area contributed by atoms with Gasteiger partial charge >= 0.3 is 0 Å². The molecule has 0 aliphatic heterocycles. The molecule has 0 radical (unpaired) electrons. The molecule has 0 saturated heterocycles. The average molecular weight is 536 g/mol. The summed E-state index contributed by atoms with van der Waals surface area (Å²) in [5, 5.41) is 5.54. The highest BCUT2D eigenvalue weighted by atomic mass is 35.5. The zero-order chi connectivity index (χ0) is 26.4. The third-order valence-corrected chi connectivity index (χ3v) is 9.70. The van der Waals surface area contributed by atoms with Gasteiger partial charge in [-0.1, -0.05) is 110 Å². The van der Waals surface area contributed by atoms with E-state index >= 15 is 0 Å². The zero-order valence-corrected chi connectivity index (χ0v) is 22.7. The quantitative estimate of drug-likeness (QED) is 0.209. The molecule has 2 aliphatic rings. The molecule has 192 valence electrons. The number of rotatable bonds is 1. The Balaban J connectivity index is 1.55. The zero-order valence-electron chi connectivity index (χ0n) is 22.0. The predicted octanol–water partition coefficient (Wildman–Crippen LogP) is 9.76. The Labute approximate surface area is 237 Å². The van der Waals surface area contributed by atoms with Gasteiger partial charge in [0.2, 0.25) is 0 Å². The lowest BCUT2D eigenvalue weighted by Gasteiger charge is -2.36. The molecule has 2 aromatic heterocycles. The third kappa shape index (κ3) is 2.81. The summed E-state index contributed by atoms with van der Waals surface area (Å²) in [5.41, 5.74) is 9.78. The van der Waals surface area contributed by atoms with E-state index in [0.717, 1.165) is 16.6 Å². The van der Waals surface area contributed by atoms with Gasteiger partial charge in [-0.2, -0.15) is 0 Å². The molecule has 3 nitrogen and oxygen atoms in total. The number of hydrogen-bond donors (Lipinski definition) is 0. The molecular formula is C36H26ClN3. The Bertz CT molecular complexity index is 2170. The smallest absolute Gasteiger partial charge is 0.176 e. The third-order valence-electron chi connectivity index (χ3n) is 9.45. The summed E-state index contributed by atoms with van der Waals surface area (Å²) in [6.07, 6.45) is 6.17. The van der Waals surface area contributed by atoms with E-state index in [2.05, 4.69) is 77.4 Å². The minimum atomic E-state index is 0.0142. The number of hydrogen-bond acceptors (Lipinski definition) is 2. The normalized spacial score (nSPS) is 15.8. The molecule has 5 aromatic carbocycles. The highest BCUT2D eigenvalue weighted by Gasteiger charge is 2.46. The van der Waals surface area contributed by atoms with Crippen molar-refractivity contribution < 1.29 is 0 Å². The fraction of sp³-hybridized carbons (Fsp3) is 0.167. The van der Waals surface area contributed by atoms with Crippen LogP contribution >= 0.6 is 11.6 Å². The van der Waals surface area contributed by atoms with E-state index in [9.17, 15) is 0 Å². The van der Waals surface area contributed by atoms with Gasteiger partial charge in [-0.05, 0) is 58.7 Å². The number of aromatic nitrogens is 3. The maximum Gasteiger partial charge on any atom is 0.176 e. The van der Waals surface area contributed by atoms with Crippen molar-refractivity contribution >= 4 is 55.2 Å². The van der Waals surface area contributed by atoms with Gasteiger partial charge in [-0.15, -0.1) is 0 Å². The highest BCUT2D eigenvalue weighted by Crippen LogP contribution is 2.61. The molecule has 2 heterocycles. The molecule has 0 atom stereocenters. The van der Waals surface area contributed by atoms with Crippen molar-refractivity contribution in [2.24, 2.45) is 0 Å². The molecule has 1 spiro atoms. The second-order valence-corrected chi connectivity index (χ2v) is 11.7. The Kier molecular flexibility index (Phi) is 4.61. The van der Waals surface area contributed by atoms with E-state index in [0.29, 0.717) is 11.0 Å². The summed E-state index contributed by atoms with van der Waals surface area (Å²) in [5.74, 6) is 0.685. The van der Waals surface area contributed by atoms with Crippen molar-refractivity contribution in [1.82, 2.24) is 14.5 Å². The minimum Gasteiger partial charge on any atom is -0.291 e. The van der Waals surface area contributed by atoms with Gasteiger partial charge in [-0.3, -0.25) is 4.57 Å². The van der Waals surface area contributed by atoms with Crippen molar-refractivity contribution in [3.05, 3.63) is 113 Å². The van der Waals surface area contributed by atoms with Crippen molar-refractivity contribution in [3.8, 4) is 16.9 Å². The van der Waals surface area contributed by atoms with Gasteiger partial charge in [0.1, 0.15) is 0 Å². The summed E-state index contributed by atoms with van der Waals surface area (Å²) in [4.78, 5) is 9.93. The molecule has 4 heteroatoms. The average Bonchev–Trinajstić information content (AvgIpc) is 3.48. The van der Waals surface area contributed by atoms with Crippen LogP contribution < -0.4 is 0 Å². The van der Waals surface area contributed by atoms with Crippen LogP contribution in [0.15, 0.2) is 97.1 Å². The summed E-state index contributed by atoms with van der Waals surface area (Å²) >= 11 is 6.98. The van der Waals surface area contributed by atoms with Gasteiger partial charge in [0.25, 0.3) is 0 Å². The standard InChI is InChI=1S/C36H26ClN3/c37-34-35(39-28-18-8-7-17-27(28)38-34)40-29-19-9-5-15-25(29)31-32-30(22-12-2-3-13-23(22)33(31)40)24-14-4-6-16-26(24)36(32)20-10-1-11-21-36/h2-9,12-19H,1,10-11,20-21H2. The maximum absolute atomic E-state index is 6.98. The summed E-state index contributed by atoms with van der Waals surface area (Å²) in [6, 6.07) is 34.8. The molecule has 9 rings (SSSR count). The van der Waals surface area contributed by atoms with Crippen LogP contribution in [0.3, 0.4) is 0 Å². The van der Waals surface area contributed by atoms with Crippen LogP contribution in [-0.4, -0.2) is 14.5 Å². The second-order valence-electron chi connectivity index (χ2n) is 11.4. The minimum absolute atomic E-state index is 0.0142. The Morgan fingerprint density at radius 1 is 0.650 bits per heavy atom. The highest BCUT2D eigenvalue weighted by molar-refractivity contribution is 6.32. The van der Waals surface area contributed by atoms with Crippen LogP contribution in [0.5, 0.6) is 0 Å². The van der Waals surface area contributed by atoms with E-state index in [1.165, 1.54) is 81.4 Å². The van der Waals surface area contributed by atoms with Crippen LogP contribution in [0.4, 0.5) is 0 Å². The first-order valence-corrected chi connectivity index (χ1v) is 14.6. The number of para-hydroxylation sites is 3. The van der Waals surface area contributed by atoms with E-state index in [4.69, 9.17) is 21.6 Å². The van der Waals surface area contributed by atoms with Crippen LogP contribution in [0.1, 0.15) is 43.2 Å². The largest absolute Gasteiger partial charge is 0.291 e. The first kappa shape index (κ1) is 22.6. The molecule has 0 bridgehead atoms. The van der Waals surface area contributed by atoms with Crippen molar-refractivity contribution in [3.63, 3.8) is 0 Å². The lowest BCUT2D eigenvalue weighted by Crippen LogP contribution is -2.28. The topological polar surface area (TPSA) is 30.7 Å². The number of nitrogens with zero attached hydrogens (tertiary/aromatic N) is 3. The van der Waals surface area contributed by atoms with Crippen LogP contribution in [0, 0.1) is 0 Å². The first-order valence-electron chi connectivity index (χ1n) is 14.3. The molecule has 0 N–H and O–H groups in total. The van der Waals surface area contributed by atoms with Crippen molar-refractivity contribution in [1.29, 1.82) is 0 Å². The summed E-state index contributed by atoms with van der Waals surface area (Å²) in [7, 11) is 0. The van der Waals surface area contributed by atoms with Gasteiger partial charge in [0, 0.05) is 21.6 Å². The fourth-order valence-corrected chi connectivity index (χ4v) is 8.15. The van der Waals surface area contributed by atoms with Gasteiger partial charge in [0.05, 0.1) is 22.1 Å². The number of benzene rings is 5. The van der Waals surface area contributed by atoms with Crippen molar-refractivity contribution in [2.75, 3.05) is 0 Å². The molecular weight excluding hydrogens is 510 g/mol. The van der Waals surface area contributed by atoms with Crippen LogP contribution in [-0.2, 0) is 5.41 Å². The first-order chi connectivity index (χ1) is 19.8. The molecule has 1 saturated carbocycles. The second kappa shape index (κ2) is 8.16. The molecule has 0 unspecified atom stereocenters. The molecule has 0 amide bonds. The monoisotopic (exact) mass is 535 g/mol. The van der Waals surface area contributed by atoms with E-state index in [-0.39, 0.29) is 5.41 Å². The lowest BCUT2D eigenvalue weighted by atomic mass is 9.66. The Morgan fingerprint density at radius 2 is 1.30 bits per heavy atom. The summed E-state index contributed by atoms with van der Waals surface area (Å²) in [6.45, 7) is 0. The fourth-order valence-electron chi connectivity index (χ4n) is 7.93. The van der Waals surface area contributed by atoms with Gasteiger partial charge < -0.3 is 0 Å². The number of halogens is 1. The predicted molar refractivity (Wildman–Crippen MR) is 166 cm³/mol. The van der Waals surface area contributed by atoms with Crippen molar-refractivity contribution in [2.45, 2.75) is 37.5 Å². The van der Waals surface area contributed by atoms with Gasteiger partial charge in [-0.25, -0.2) is 9.97 Å². The van der Waals surface area contributed by atoms with E-state index in [1.807, 2.05) is 24.3 Å². The Morgan fingerprint density at radius 3 is 2.12 bits per heavy atom. The van der Waals surface area contributed by atoms with Crippen LogP contribution in [0.25, 0.3) is 60.6 Å². The Hall–Kier alpha value is -4.21. The lowest BCUT2D eigenvalue weighted by molar-refractivity contribution is 0.355. The SMILES string of the molecule is Clc1nc2ccccc2nc1-n1c2ccccc2c2c3c(c4ccccc4c21)-c1ccccc1C31CCCCC1.